The summed E-state index contributed by atoms with van der Waals surface area (Å²) < 4.78 is 25.8. The third-order valence-electron chi connectivity index (χ3n) is 2.95. The Hall–Kier alpha value is -1.60. The van der Waals surface area contributed by atoms with Gasteiger partial charge in [0.25, 0.3) is 0 Å². The maximum atomic E-state index is 11.7. The molecule has 0 saturated heterocycles. The number of hydrogen-bond acceptors (Lipinski definition) is 4. The van der Waals surface area contributed by atoms with Gasteiger partial charge in [-0.05, 0) is 36.2 Å². The Morgan fingerprint density at radius 2 is 2.16 bits per heavy atom. The van der Waals surface area contributed by atoms with Crippen LogP contribution in [0.1, 0.15) is 17.5 Å². The van der Waals surface area contributed by atoms with E-state index in [0.29, 0.717) is 5.69 Å². The Labute approximate surface area is 111 Å². The summed E-state index contributed by atoms with van der Waals surface area (Å²) in [4.78, 5) is 10.4. The lowest BCUT2D eigenvalue weighted by Gasteiger charge is -2.18. The Balaban J connectivity index is 2.08. The summed E-state index contributed by atoms with van der Waals surface area (Å²) in [5.41, 5.74) is 2.77. The average molecular weight is 284 g/mol. The minimum Gasteiger partial charge on any atom is -0.481 e. The van der Waals surface area contributed by atoms with Crippen LogP contribution in [0.3, 0.4) is 0 Å². The van der Waals surface area contributed by atoms with Gasteiger partial charge in [-0.3, -0.25) is 9.52 Å². The molecule has 0 aromatic heterocycles. The lowest BCUT2D eigenvalue weighted by molar-refractivity contribution is -0.136. The van der Waals surface area contributed by atoms with Gasteiger partial charge in [0.2, 0.25) is 10.0 Å². The van der Waals surface area contributed by atoms with Crippen molar-refractivity contribution in [3.63, 3.8) is 0 Å². The van der Waals surface area contributed by atoms with Crippen molar-refractivity contribution >= 4 is 21.7 Å². The molecule has 0 atom stereocenters. The van der Waals surface area contributed by atoms with Crippen LogP contribution in [-0.4, -0.2) is 31.8 Å². The summed E-state index contributed by atoms with van der Waals surface area (Å²) >= 11 is 0. The molecule has 1 aliphatic heterocycles. The fraction of sp³-hybridized carbons (Fsp3) is 0.417. The first kappa shape index (κ1) is 13.8. The van der Waals surface area contributed by atoms with Gasteiger partial charge in [0, 0.05) is 12.2 Å². The largest absolute Gasteiger partial charge is 0.481 e. The summed E-state index contributed by atoms with van der Waals surface area (Å²) in [6.45, 7) is 1.65. The van der Waals surface area contributed by atoms with E-state index in [2.05, 4.69) is 10.0 Å². The number of hydrogen-bond donors (Lipinski definition) is 3. The molecule has 3 N–H and O–H groups in total. The molecule has 104 valence electrons. The van der Waals surface area contributed by atoms with Crippen LogP contribution in [0.5, 0.6) is 0 Å². The number of carbonyl (C=O) groups is 1. The molecule has 0 bridgehead atoms. The number of anilines is 1. The normalized spacial score (nSPS) is 14.7. The first-order valence-corrected chi connectivity index (χ1v) is 7.66. The van der Waals surface area contributed by atoms with E-state index in [-0.39, 0.29) is 0 Å². The molecule has 1 heterocycles. The molecule has 0 aliphatic carbocycles. The molecule has 1 aromatic carbocycles. The number of sulfonamides is 1. The Morgan fingerprint density at radius 1 is 1.37 bits per heavy atom. The molecular formula is C12H16N2O4S. The molecule has 7 heteroatoms. The van der Waals surface area contributed by atoms with Crippen LogP contribution in [0.2, 0.25) is 0 Å². The smallest absolute Gasteiger partial charge is 0.304 e. The first-order valence-electron chi connectivity index (χ1n) is 6.01. The van der Waals surface area contributed by atoms with Crippen LogP contribution in [-0.2, 0) is 27.8 Å². The summed E-state index contributed by atoms with van der Waals surface area (Å²) in [6, 6.07) is 5.41. The fourth-order valence-electron chi connectivity index (χ4n) is 2.00. The van der Waals surface area contributed by atoms with Gasteiger partial charge in [-0.15, -0.1) is 0 Å². The number of nitrogens with one attached hydrogen (secondary N) is 2. The quantitative estimate of drug-likeness (QED) is 0.734. The lowest BCUT2D eigenvalue weighted by Crippen LogP contribution is -2.24. The molecule has 1 aliphatic rings. The zero-order valence-corrected chi connectivity index (χ0v) is 11.2. The second-order valence-corrected chi connectivity index (χ2v) is 6.32. The van der Waals surface area contributed by atoms with E-state index in [1.807, 2.05) is 6.07 Å². The molecule has 2 rings (SSSR count). The molecule has 0 spiro atoms. The molecule has 0 fully saturated rings. The monoisotopic (exact) mass is 284 g/mol. The van der Waals surface area contributed by atoms with Gasteiger partial charge in [0.1, 0.15) is 0 Å². The van der Waals surface area contributed by atoms with Gasteiger partial charge in [-0.25, -0.2) is 8.42 Å². The molecular weight excluding hydrogens is 268 g/mol. The van der Waals surface area contributed by atoms with E-state index in [9.17, 15) is 13.2 Å². The number of fused-ring (bicyclic) bond motifs is 1. The number of benzene rings is 1. The number of carboxylic acids is 1. The maximum absolute atomic E-state index is 11.7. The summed E-state index contributed by atoms with van der Waals surface area (Å²) in [7, 11) is -3.61. The number of carboxylic acid groups (broad SMARTS) is 1. The van der Waals surface area contributed by atoms with Crippen molar-refractivity contribution in [2.24, 2.45) is 0 Å². The van der Waals surface area contributed by atoms with Crippen molar-refractivity contribution in [3.05, 3.63) is 29.3 Å². The van der Waals surface area contributed by atoms with Crippen molar-refractivity contribution in [3.8, 4) is 0 Å². The highest BCUT2D eigenvalue weighted by atomic mass is 32.2. The Morgan fingerprint density at radius 3 is 2.89 bits per heavy atom. The van der Waals surface area contributed by atoms with Crippen LogP contribution in [0.15, 0.2) is 18.2 Å². The minimum absolute atomic E-state index is 0.401. The van der Waals surface area contributed by atoms with Crippen molar-refractivity contribution in [1.29, 1.82) is 0 Å². The topological polar surface area (TPSA) is 95.5 Å². The first-order chi connectivity index (χ1) is 8.96. The van der Waals surface area contributed by atoms with Crippen LogP contribution in [0, 0.1) is 0 Å². The predicted molar refractivity (Wildman–Crippen MR) is 71.5 cm³/mol. The molecule has 0 saturated carbocycles. The molecule has 1 aromatic rings. The maximum Gasteiger partial charge on any atom is 0.304 e. The number of aliphatic carboxylic acids is 1. The zero-order chi connectivity index (χ0) is 13.9. The third-order valence-corrected chi connectivity index (χ3v) is 4.24. The zero-order valence-electron chi connectivity index (χ0n) is 10.3. The van der Waals surface area contributed by atoms with E-state index in [4.69, 9.17) is 5.11 Å². The average Bonchev–Trinajstić information content (AvgIpc) is 2.36. The summed E-state index contributed by atoms with van der Waals surface area (Å²) in [5.74, 6) is -1.54. The van der Waals surface area contributed by atoms with Gasteiger partial charge in [-0.1, -0.05) is 6.07 Å². The van der Waals surface area contributed by atoms with Crippen molar-refractivity contribution in [2.45, 2.75) is 19.4 Å². The van der Waals surface area contributed by atoms with Gasteiger partial charge in [-0.2, -0.15) is 0 Å². The number of rotatable bonds is 5. The van der Waals surface area contributed by atoms with E-state index in [0.717, 1.165) is 25.1 Å². The SMILES string of the molecule is O=C(O)CCS(=O)(=O)Nc1ccc2c(c1)CNCC2. The molecule has 0 amide bonds. The standard InChI is InChI=1S/C12H16N2O4S/c15-12(16)4-6-19(17,18)14-11-2-1-9-3-5-13-8-10(9)7-11/h1-2,7,13-14H,3-6,8H2,(H,15,16). The van der Waals surface area contributed by atoms with E-state index in [1.54, 1.807) is 12.1 Å². The second-order valence-electron chi connectivity index (χ2n) is 4.47. The lowest BCUT2D eigenvalue weighted by atomic mass is 10.0. The highest BCUT2D eigenvalue weighted by molar-refractivity contribution is 7.92. The minimum atomic E-state index is -3.61. The van der Waals surface area contributed by atoms with Crippen LogP contribution in [0.25, 0.3) is 0 Å². The van der Waals surface area contributed by atoms with Crippen LogP contribution >= 0.6 is 0 Å². The summed E-state index contributed by atoms with van der Waals surface area (Å²) in [5, 5.41) is 11.7. The van der Waals surface area contributed by atoms with Crippen LogP contribution in [0.4, 0.5) is 5.69 Å². The molecule has 0 radical (unpaired) electrons. The molecule has 0 unspecified atom stereocenters. The molecule has 6 nitrogen and oxygen atoms in total. The highest BCUT2D eigenvalue weighted by Gasteiger charge is 2.14. The van der Waals surface area contributed by atoms with Gasteiger partial charge >= 0.3 is 5.97 Å². The van der Waals surface area contributed by atoms with E-state index >= 15 is 0 Å². The van der Waals surface area contributed by atoms with Gasteiger partial charge in [0.15, 0.2) is 0 Å². The van der Waals surface area contributed by atoms with E-state index in [1.165, 1.54) is 5.56 Å². The van der Waals surface area contributed by atoms with Crippen molar-refractivity contribution in [1.82, 2.24) is 5.32 Å². The van der Waals surface area contributed by atoms with Gasteiger partial charge < -0.3 is 10.4 Å². The summed E-state index contributed by atoms with van der Waals surface area (Å²) in [6.07, 6.45) is 0.531. The Bertz CT molecular complexity index is 583. The second kappa shape index (κ2) is 5.58. The van der Waals surface area contributed by atoms with Crippen LogP contribution < -0.4 is 10.0 Å². The van der Waals surface area contributed by atoms with Gasteiger partial charge in [0.05, 0.1) is 12.2 Å². The third kappa shape index (κ3) is 3.93. The highest BCUT2D eigenvalue weighted by Crippen LogP contribution is 2.19. The fourth-order valence-corrected chi connectivity index (χ4v) is 3.03. The van der Waals surface area contributed by atoms with E-state index < -0.39 is 28.2 Å². The molecule has 19 heavy (non-hydrogen) atoms. The van der Waals surface area contributed by atoms with Crippen molar-refractivity contribution in [2.75, 3.05) is 17.0 Å². The Kier molecular flexibility index (Phi) is 4.06. The predicted octanol–water partition coefficient (Wildman–Crippen LogP) is 0.549. The van der Waals surface area contributed by atoms with Crippen molar-refractivity contribution < 1.29 is 18.3 Å².